The molecule has 1 atom stereocenters. The molecule has 6 heteroatoms. The van der Waals surface area contributed by atoms with Crippen molar-refractivity contribution in [1.82, 2.24) is 20.3 Å². The highest BCUT2D eigenvalue weighted by Gasteiger charge is 2.21. The van der Waals surface area contributed by atoms with Gasteiger partial charge >= 0.3 is 0 Å². The van der Waals surface area contributed by atoms with Crippen LogP contribution >= 0.6 is 0 Å². The number of aromatic nitrogens is 3. The van der Waals surface area contributed by atoms with Crippen molar-refractivity contribution in [2.24, 2.45) is 9.98 Å². The third-order valence-electron chi connectivity index (χ3n) is 13.8. The van der Waals surface area contributed by atoms with Gasteiger partial charge in [-0.15, -0.1) is 0 Å². The number of aliphatic imine (C=N–C) groups is 2. The zero-order valence-corrected chi connectivity index (χ0v) is 40.2. The molecule has 2 heterocycles. The van der Waals surface area contributed by atoms with Gasteiger partial charge < -0.3 is 5.32 Å². The van der Waals surface area contributed by atoms with Crippen LogP contribution in [0.4, 0.5) is 0 Å². The Labute approximate surface area is 429 Å². The molecule has 1 N–H and O–H groups in total. The molecule has 74 heavy (non-hydrogen) atoms. The van der Waals surface area contributed by atoms with Crippen molar-refractivity contribution in [1.29, 1.82) is 0 Å². The Kier molecular flexibility index (Phi) is 11.5. The van der Waals surface area contributed by atoms with Gasteiger partial charge in [-0.1, -0.05) is 255 Å². The van der Waals surface area contributed by atoms with E-state index in [2.05, 4.69) is 199 Å². The van der Waals surface area contributed by atoms with Crippen LogP contribution in [-0.2, 0) is 0 Å². The Morgan fingerprint density at radius 2 is 0.649 bits per heavy atom. The summed E-state index contributed by atoms with van der Waals surface area (Å²) in [6.45, 7) is 0. The molecule has 12 aromatic rings. The van der Waals surface area contributed by atoms with Crippen molar-refractivity contribution in [3.05, 3.63) is 284 Å². The monoisotopic (exact) mass is 946 g/mol. The topological polar surface area (TPSA) is 75.4 Å². The van der Waals surface area contributed by atoms with Crippen molar-refractivity contribution in [3.8, 4) is 78.7 Å². The second-order valence-electron chi connectivity index (χ2n) is 18.5. The van der Waals surface area contributed by atoms with Crippen molar-refractivity contribution in [2.45, 2.75) is 6.17 Å². The fourth-order valence-corrected chi connectivity index (χ4v) is 9.94. The first-order valence-electron chi connectivity index (χ1n) is 24.9. The second-order valence-corrected chi connectivity index (χ2v) is 18.5. The maximum Gasteiger partial charge on any atom is 0.164 e. The summed E-state index contributed by atoms with van der Waals surface area (Å²) in [6, 6.07) is 93.5. The molecule has 1 unspecified atom stereocenters. The summed E-state index contributed by atoms with van der Waals surface area (Å²) in [6.07, 6.45) is -0.245. The van der Waals surface area contributed by atoms with Crippen LogP contribution in [0.3, 0.4) is 0 Å². The summed E-state index contributed by atoms with van der Waals surface area (Å²) < 4.78 is 0. The van der Waals surface area contributed by atoms with Gasteiger partial charge in [0.15, 0.2) is 23.3 Å². The van der Waals surface area contributed by atoms with Crippen LogP contribution in [0.1, 0.15) is 22.9 Å². The summed E-state index contributed by atoms with van der Waals surface area (Å²) in [4.78, 5) is 25.0. The van der Waals surface area contributed by atoms with Crippen molar-refractivity contribution < 1.29 is 0 Å². The first kappa shape index (κ1) is 44.1. The van der Waals surface area contributed by atoms with Crippen LogP contribution in [0.15, 0.2) is 277 Å². The number of hydrogen-bond donors (Lipinski definition) is 1. The SMILES string of the molecule is c1ccc(C2=NC(c3ccccc3)NC(c3ccc(-c4ccc5c(-c6cccc7cc(-c8ccc(-c9nc(-c%10ccccc%10)nc(-c%10ccc(-c%11ccccc%11)cc%10)n9)cc8)ccc67)cccc5c4)cc3)=N2)cc1. The van der Waals surface area contributed by atoms with Gasteiger partial charge in [-0.05, 0) is 83.7 Å². The smallest absolute Gasteiger partial charge is 0.164 e. The van der Waals surface area contributed by atoms with Crippen LogP contribution in [0, 0.1) is 0 Å². The number of nitrogens with one attached hydrogen (secondary N) is 1. The van der Waals surface area contributed by atoms with E-state index in [0.29, 0.717) is 23.3 Å². The molecule has 348 valence electrons. The van der Waals surface area contributed by atoms with Gasteiger partial charge in [-0.25, -0.2) is 24.9 Å². The van der Waals surface area contributed by atoms with E-state index in [0.717, 1.165) is 67.0 Å². The summed E-state index contributed by atoms with van der Waals surface area (Å²) in [5, 5.41) is 8.38. The number of fused-ring (bicyclic) bond motifs is 2. The minimum absolute atomic E-state index is 0.245. The predicted molar refractivity (Wildman–Crippen MR) is 305 cm³/mol. The highest BCUT2D eigenvalue weighted by molar-refractivity contribution is 6.13. The second kappa shape index (κ2) is 19.4. The van der Waals surface area contributed by atoms with Crippen molar-refractivity contribution in [2.75, 3.05) is 0 Å². The Morgan fingerprint density at radius 3 is 1.14 bits per heavy atom. The number of amidine groups is 2. The third-order valence-corrected chi connectivity index (χ3v) is 13.8. The maximum absolute atomic E-state index is 5.03. The van der Waals surface area contributed by atoms with E-state index in [4.69, 9.17) is 24.9 Å². The van der Waals surface area contributed by atoms with Crippen LogP contribution < -0.4 is 5.32 Å². The highest BCUT2D eigenvalue weighted by atomic mass is 15.2. The molecule has 0 bridgehead atoms. The Balaban J connectivity index is 0.766. The quantitative estimate of drug-likeness (QED) is 0.148. The maximum atomic E-state index is 5.03. The lowest BCUT2D eigenvalue weighted by atomic mass is 9.91. The average molecular weight is 947 g/mol. The van der Waals surface area contributed by atoms with Gasteiger partial charge in [-0.2, -0.15) is 0 Å². The fourth-order valence-electron chi connectivity index (χ4n) is 9.94. The molecule has 13 rings (SSSR count). The van der Waals surface area contributed by atoms with Crippen LogP contribution in [0.25, 0.3) is 100 Å². The number of benzene rings is 11. The third kappa shape index (κ3) is 8.82. The normalized spacial score (nSPS) is 13.3. The lowest BCUT2D eigenvalue weighted by molar-refractivity contribution is 0.674. The van der Waals surface area contributed by atoms with Crippen molar-refractivity contribution >= 4 is 33.2 Å². The minimum atomic E-state index is -0.245. The Bertz CT molecular complexity index is 4040. The summed E-state index contributed by atoms with van der Waals surface area (Å²) in [7, 11) is 0. The number of rotatable bonds is 10. The molecule has 0 radical (unpaired) electrons. The number of nitrogens with zero attached hydrogens (tertiary/aromatic N) is 5. The van der Waals surface area contributed by atoms with Crippen LogP contribution in [0.5, 0.6) is 0 Å². The zero-order chi connectivity index (χ0) is 49.2. The summed E-state index contributed by atoms with van der Waals surface area (Å²) in [5.74, 6) is 3.42. The van der Waals surface area contributed by atoms with E-state index in [1.54, 1.807) is 0 Å². The molecule has 0 aliphatic carbocycles. The van der Waals surface area contributed by atoms with Gasteiger partial charge in [-0.3, -0.25) is 0 Å². The molecular formula is C68H46N6. The molecule has 0 saturated heterocycles. The molecule has 6 nitrogen and oxygen atoms in total. The molecular weight excluding hydrogens is 901 g/mol. The molecule has 0 amide bonds. The van der Waals surface area contributed by atoms with E-state index in [-0.39, 0.29) is 6.17 Å². The predicted octanol–water partition coefficient (Wildman–Crippen LogP) is 16.3. The zero-order valence-electron chi connectivity index (χ0n) is 40.2. The average Bonchev–Trinajstić information content (AvgIpc) is 3.49. The van der Waals surface area contributed by atoms with Gasteiger partial charge in [0.25, 0.3) is 0 Å². The van der Waals surface area contributed by atoms with Gasteiger partial charge in [0.2, 0.25) is 0 Å². The first-order valence-corrected chi connectivity index (χ1v) is 24.9. The minimum Gasteiger partial charge on any atom is -0.344 e. The summed E-state index contributed by atoms with van der Waals surface area (Å²) >= 11 is 0. The van der Waals surface area contributed by atoms with E-state index in [9.17, 15) is 0 Å². The molecule has 0 fully saturated rings. The lowest BCUT2D eigenvalue weighted by Gasteiger charge is -2.23. The molecule has 0 spiro atoms. The summed E-state index contributed by atoms with van der Waals surface area (Å²) in [5.41, 5.74) is 15.2. The first-order chi connectivity index (χ1) is 36.6. The Morgan fingerprint density at radius 1 is 0.284 bits per heavy atom. The van der Waals surface area contributed by atoms with Gasteiger partial charge in [0, 0.05) is 27.8 Å². The molecule has 0 saturated carbocycles. The standard InChI is InChI=1S/C68H46N6/c1-5-15-45(16-6-1)46-27-33-52(34-28-46)67-72-65(51-21-11-4-12-22-51)73-68(74-67)54-37-31-48(32-38-54)56-40-42-60-58(44-56)24-14-26-62(60)61-25-13-23-57-43-55(39-41-59(57)61)47-29-35-53(36-30-47)66-70-63(49-17-7-2-8-18-49)69-64(71-66)50-19-9-3-10-20-50/h1-44,63H,(H,69,70,71). The van der Waals surface area contributed by atoms with Gasteiger partial charge in [0.1, 0.15) is 12.0 Å². The molecule has 1 aromatic heterocycles. The van der Waals surface area contributed by atoms with Crippen LogP contribution in [0.2, 0.25) is 0 Å². The highest BCUT2D eigenvalue weighted by Crippen LogP contribution is 2.38. The molecule has 1 aliphatic heterocycles. The fraction of sp³-hybridized carbons (Fsp3) is 0.0147. The number of hydrogen-bond acceptors (Lipinski definition) is 6. The van der Waals surface area contributed by atoms with Gasteiger partial charge in [0.05, 0.1) is 0 Å². The van der Waals surface area contributed by atoms with Crippen molar-refractivity contribution in [3.63, 3.8) is 0 Å². The molecule has 1 aliphatic rings. The lowest BCUT2D eigenvalue weighted by Crippen LogP contribution is -2.33. The van der Waals surface area contributed by atoms with E-state index >= 15 is 0 Å². The van der Waals surface area contributed by atoms with Crippen LogP contribution in [-0.4, -0.2) is 26.6 Å². The Hall–Kier alpha value is -9.91. The molecule has 11 aromatic carbocycles. The largest absolute Gasteiger partial charge is 0.344 e. The van der Waals surface area contributed by atoms with E-state index < -0.39 is 0 Å². The van der Waals surface area contributed by atoms with E-state index in [1.807, 2.05) is 72.8 Å². The van der Waals surface area contributed by atoms with E-state index in [1.165, 1.54) is 38.2 Å².